The van der Waals surface area contributed by atoms with Crippen LogP contribution in [-0.2, 0) is 0 Å². The van der Waals surface area contributed by atoms with E-state index in [1.54, 1.807) is 56.6 Å². The van der Waals surface area contributed by atoms with Crippen LogP contribution in [0.2, 0.25) is 5.02 Å². The molecule has 0 fully saturated rings. The minimum Gasteiger partial charge on any atom is -0.339 e. The molecule has 0 saturated carbocycles. The number of amides is 2. The van der Waals surface area contributed by atoms with E-state index in [4.69, 9.17) is 11.6 Å². The lowest BCUT2D eigenvalue weighted by Gasteiger charge is -2.09. The second-order valence-corrected chi connectivity index (χ2v) is 7.38. The van der Waals surface area contributed by atoms with E-state index in [1.807, 2.05) is 12.1 Å². The summed E-state index contributed by atoms with van der Waals surface area (Å²) < 4.78 is 0. The van der Waals surface area contributed by atoms with E-state index >= 15 is 0 Å². The van der Waals surface area contributed by atoms with Gasteiger partial charge in [-0.15, -0.1) is 0 Å². The summed E-state index contributed by atoms with van der Waals surface area (Å²) >= 11 is 7.12. The smallest absolute Gasteiger partial charge is 0.285 e. The maximum atomic E-state index is 12.4. The van der Waals surface area contributed by atoms with Gasteiger partial charge in [0.2, 0.25) is 0 Å². The van der Waals surface area contributed by atoms with Gasteiger partial charge in [0.1, 0.15) is 5.69 Å². The van der Waals surface area contributed by atoms with Crippen molar-refractivity contribution >= 4 is 40.2 Å². The maximum absolute atomic E-state index is 12.4. The molecule has 0 unspecified atom stereocenters. The summed E-state index contributed by atoms with van der Waals surface area (Å²) in [5.74, 6) is -0.305. The molecule has 3 aromatic rings. The molecule has 1 heterocycles. The van der Waals surface area contributed by atoms with Crippen LogP contribution in [0.25, 0.3) is 11.3 Å². The third kappa shape index (κ3) is 4.90. The Bertz CT molecular complexity index is 970. The van der Waals surface area contributed by atoms with Gasteiger partial charge in [0.15, 0.2) is 0 Å². The zero-order chi connectivity index (χ0) is 19.4. The number of H-pyrrole nitrogens is 1. The molecule has 0 radical (unpaired) electrons. The highest BCUT2D eigenvalue weighted by Crippen LogP contribution is 2.24. The van der Waals surface area contributed by atoms with Crippen LogP contribution in [0.4, 0.5) is 10.5 Å². The average molecular weight is 401 g/mol. The predicted octanol–water partition coefficient (Wildman–Crippen LogP) is 4.76. The zero-order valence-electron chi connectivity index (χ0n) is 14.7. The van der Waals surface area contributed by atoms with Gasteiger partial charge in [0, 0.05) is 35.3 Å². The fourth-order valence-corrected chi connectivity index (χ4v) is 3.08. The molecular weight excluding hydrogens is 384 g/mol. The number of hydrogen-bond donors (Lipinski definition) is 2. The number of halogens is 1. The summed E-state index contributed by atoms with van der Waals surface area (Å²) in [4.78, 5) is 26.4. The highest BCUT2D eigenvalue weighted by molar-refractivity contribution is 8.13. The Balaban J connectivity index is 1.66. The van der Waals surface area contributed by atoms with Gasteiger partial charge in [-0.2, -0.15) is 5.10 Å². The number of nitrogens with one attached hydrogen (secondary N) is 2. The Hall–Kier alpha value is -2.77. The van der Waals surface area contributed by atoms with Gasteiger partial charge in [-0.3, -0.25) is 14.7 Å². The number of carbonyl (C=O) groups excluding carboxylic acids is 2. The molecule has 0 spiro atoms. The summed E-state index contributed by atoms with van der Waals surface area (Å²) in [6, 6.07) is 16.0. The summed E-state index contributed by atoms with van der Waals surface area (Å²) in [6.07, 6.45) is 0. The quantitative estimate of drug-likeness (QED) is 0.619. The first kappa shape index (κ1) is 19.0. The molecule has 6 nitrogen and oxygen atoms in total. The number of thioether (sulfide) groups is 1. The van der Waals surface area contributed by atoms with Crippen molar-refractivity contribution in [3.8, 4) is 11.3 Å². The number of nitrogens with zero attached hydrogens (tertiary/aromatic N) is 2. The zero-order valence-corrected chi connectivity index (χ0v) is 16.3. The van der Waals surface area contributed by atoms with Crippen molar-refractivity contribution in [3.63, 3.8) is 0 Å². The van der Waals surface area contributed by atoms with Gasteiger partial charge in [0.05, 0.1) is 5.69 Å². The molecule has 0 saturated heterocycles. The van der Waals surface area contributed by atoms with Gasteiger partial charge in [0.25, 0.3) is 11.1 Å². The Morgan fingerprint density at radius 2 is 1.85 bits per heavy atom. The van der Waals surface area contributed by atoms with Crippen LogP contribution in [0.5, 0.6) is 0 Å². The number of aromatic amines is 1. The second kappa shape index (κ2) is 8.28. The minimum absolute atomic E-state index is 0.0576. The van der Waals surface area contributed by atoms with Gasteiger partial charge in [-0.05, 0) is 54.2 Å². The third-order valence-electron chi connectivity index (χ3n) is 3.63. The number of hydrogen-bond acceptors (Lipinski definition) is 4. The first-order chi connectivity index (χ1) is 12.9. The number of carbonyl (C=O) groups is 2. The first-order valence-electron chi connectivity index (χ1n) is 8.04. The van der Waals surface area contributed by atoms with Crippen LogP contribution in [0.3, 0.4) is 0 Å². The van der Waals surface area contributed by atoms with Crippen molar-refractivity contribution in [1.82, 2.24) is 15.1 Å². The number of aromatic nitrogens is 2. The maximum Gasteiger partial charge on any atom is 0.285 e. The van der Waals surface area contributed by atoms with E-state index < -0.39 is 0 Å². The van der Waals surface area contributed by atoms with E-state index in [9.17, 15) is 9.59 Å². The SMILES string of the molecule is CN(C)C(=O)Sc1ccc(NC(=O)c2cc(-c3cccc(Cl)c3)n[nH]2)cc1. The minimum atomic E-state index is -0.305. The Kier molecular flexibility index (Phi) is 5.83. The fourth-order valence-electron chi connectivity index (χ4n) is 2.23. The average Bonchev–Trinajstić information content (AvgIpc) is 3.13. The second-order valence-electron chi connectivity index (χ2n) is 5.92. The van der Waals surface area contributed by atoms with Crippen molar-refractivity contribution in [3.05, 3.63) is 65.3 Å². The molecule has 1 aromatic heterocycles. The molecule has 0 bridgehead atoms. The van der Waals surface area contributed by atoms with E-state index in [0.717, 1.165) is 22.2 Å². The highest BCUT2D eigenvalue weighted by Gasteiger charge is 2.12. The third-order valence-corrected chi connectivity index (χ3v) is 4.91. The van der Waals surface area contributed by atoms with E-state index in [2.05, 4.69) is 15.5 Å². The lowest BCUT2D eigenvalue weighted by Crippen LogP contribution is -2.16. The molecule has 2 aromatic carbocycles. The lowest BCUT2D eigenvalue weighted by atomic mass is 10.1. The Labute approximate surface area is 165 Å². The number of rotatable bonds is 4. The molecule has 0 aliphatic heterocycles. The summed E-state index contributed by atoms with van der Waals surface area (Å²) in [5, 5.41) is 10.2. The normalized spacial score (nSPS) is 10.5. The monoisotopic (exact) mass is 400 g/mol. The van der Waals surface area contributed by atoms with Crippen LogP contribution in [-0.4, -0.2) is 40.3 Å². The largest absolute Gasteiger partial charge is 0.339 e. The fraction of sp³-hybridized carbons (Fsp3) is 0.105. The van der Waals surface area contributed by atoms with E-state index in [0.29, 0.717) is 22.1 Å². The van der Waals surface area contributed by atoms with Crippen LogP contribution < -0.4 is 5.32 Å². The molecule has 2 N–H and O–H groups in total. The molecule has 0 atom stereocenters. The van der Waals surface area contributed by atoms with Gasteiger partial charge in [-0.1, -0.05) is 23.7 Å². The van der Waals surface area contributed by atoms with Crippen LogP contribution in [0.15, 0.2) is 59.5 Å². The Morgan fingerprint density at radius 3 is 2.52 bits per heavy atom. The van der Waals surface area contributed by atoms with Crippen molar-refractivity contribution in [1.29, 1.82) is 0 Å². The highest BCUT2D eigenvalue weighted by atomic mass is 35.5. The number of benzene rings is 2. The first-order valence-corrected chi connectivity index (χ1v) is 9.24. The van der Waals surface area contributed by atoms with Crippen molar-refractivity contribution in [2.45, 2.75) is 4.90 Å². The summed E-state index contributed by atoms with van der Waals surface area (Å²) in [7, 11) is 3.40. The van der Waals surface area contributed by atoms with Gasteiger partial charge >= 0.3 is 0 Å². The predicted molar refractivity (Wildman–Crippen MR) is 108 cm³/mol. The number of anilines is 1. The molecule has 2 amide bonds. The van der Waals surface area contributed by atoms with Gasteiger partial charge < -0.3 is 10.2 Å². The molecule has 3 rings (SSSR count). The van der Waals surface area contributed by atoms with Crippen LogP contribution in [0, 0.1) is 0 Å². The standard InChI is InChI=1S/C19H17ClN4O2S/c1-24(2)19(26)27-15-8-6-14(7-9-15)21-18(25)17-11-16(22-23-17)12-4-3-5-13(20)10-12/h3-11H,1-2H3,(H,21,25)(H,22,23). The van der Waals surface area contributed by atoms with Gasteiger partial charge in [-0.25, -0.2) is 0 Å². The molecular formula is C19H17ClN4O2S. The van der Waals surface area contributed by atoms with E-state index in [-0.39, 0.29) is 11.1 Å². The molecule has 8 heteroatoms. The van der Waals surface area contributed by atoms with E-state index in [1.165, 1.54) is 4.90 Å². The summed E-state index contributed by atoms with van der Waals surface area (Å²) in [6.45, 7) is 0. The van der Waals surface area contributed by atoms with Crippen LogP contribution in [0.1, 0.15) is 10.5 Å². The molecule has 138 valence electrons. The lowest BCUT2D eigenvalue weighted by molar-refractivity contribution is 0.102. The topological polar surface area (TPSA) is 78.1 Å². The molecule has 0 aliphatic rings. The Morgan fingerprint density at radius 1 is 1.11 bits per heavy atom. The molecule has 27 heavy (non-hydrogen) atoms. The van der Waals surface area contributed by atoms with Crippen molar-refractivity contribution < 1.29 is 9.59 Å². The molecule has 0 aliphatic carbocycles. The van der Waals surface area contributed by atoms with Crippen LogP contribution >= 0.6 is 23.4 Å². The summed E-state index contributed by atoms with van der Waals surface area (Å²) in [5.41, 5.74) is 2.42. The van der Waals surface area contributed by atoms with Crippen molar-refractivity contribution in [2.75, 3.05) is 19.4 Å². The van der Waals surface area contributed by atoms with Crippen molar-refractivity contribution in [2.24, 2.45) is 0 Å².